The monoisotopic (exact) mass is 443 g/mol. The van der Waals surface area contributed by atoms with Crippen molar-refractivity contribution in [3.63, 3.8) is 0 Å². The van der Waals surface area contributed by atoms with E-state index in [4.69, 9.17) is 16.3 Å². The van der Waals surface area contributed by atoms with Crippen LogP contribution in [0.4, 0.5) is 5.69 Å². The van der Waals surface area contributed by atoms with Crippen molar-refractivity contribution in [3.8, 4) is 0 Å². The molecule has 7 nitrogen and oxygen atoms in total. The van der Waals surface area contributed by atoms with Gasteiger partial charge in [-0.3, -0.25) is 19.3 Å². The highest BCUT2D eigenvalue weighted by molar-refractivity contribution is 6.31. The van der Waals surface area contributed by atoms with Gasteiger partial charge in [0.15, 0.2) is 0 Å². The van der Waals surface area contributed by atoms with Gasteiger partial charge in [0.25, 0.3) is 5.91 Å². The summed E-state index contributed by atoms with van der Waals surface area (Å²) in [5.41, 5.74) is 2.93. The molecule has 0 spiro atoms. The van der Waals surface area contributed by atoms with Crippen LogP contribution in [-0.4, -0.2) is 67.5 Å². The molecule has 0 aliphatic carbocycles. The van der Waals surface area contributed by atoms with Crippen molar-refractivity contribution in [2.45, 2.75) is 13.8 Å². The molecule has 3 rings (SSSR count). The summed E-state index contributed by atoms with van der Waals surface area (Å²) in [5, 5.41) is 0.560. The van der Waals surface area contributed by atoms with Crippen LogP contribution < -0.4 is 4.90 Å². The number of methoxy groups -OCH3 is 1. The molecule has 1 fully saturated rings. The van der Waals surface area contributed by atoms with E-state index in [0.29, 0.717) is 22.9 Å². The van der Waals surface area contributed by atoms with Crippen LogP contribution in [-0.2, 0) is 14.3 Å². The summed E-state index contributed by atoms with van der Waals surface area (Å²) in [7, 11) is 1.54. The number of amides is 3. The van der Waals surface area contributed by atoms with Crippen molar-refractivity contribution in [3.05, 3.63) is 64.2 Å². The summed E-state index contributed by atoms with van der Waals surface area (Å²) in [6, 6.07) is 12.6. The molecule has 31 heavy (non-hydrogen) atoms. The highest BCUT2D eigenvalue weighted by atomic mass is 35.5. The molecule has 0 bridgehead atoms. The topological polar surface area (TPSA) is 70.2 Å². The van der Waals surface area contributed by atoms with E-state index in [1.807, 2.05) is 26.0 Å². The molecule has 1 aliphatic heterocycles. The lowest BCUT2D eigenvalue weighted by atomic mass is 10.1. The number of hydrogen-bond donors (Lipinski definition) is 0. The van der Waals surface area contributed by atoms with E-state index >= 15 is 0 Å². The first-order chi connectivity index (χ1) is 14.8. The second-order valence-corrected chi connectivity index (χ2v) is 7.94. The van der Waals surface area contributed by atoms with Gasteiger partial charge in [-0.1, -0.05) is 35.4 Å². The number of halogens is 1. The predicted octanol–water partition coefficient (Wildman–Crippen LogP) is 2.88. The molecule has 2 aromatic rings. The number of benzene rings is 2. The zero-order chi connectivity index (χ0) is 22.5. The molecule has 0 atom stereocenters. The normalized spacial score (nSPS) is 13.6. The molecular weight excluding hydrogens is 418 g/mol. The first kappa shape index (κ1) is 22.8. The van der Waals surface area contributed by atoms with Gasteiger partial charge in [0.1, 0.15) is 19.8 Å². The van der Waals surface area contributed by atoms with Crippen LogP contribution in [0, 0.1) is 13.8 Å². The zero-order valence-electron chi connectivity index (χ0n) is 17.9. The van der Waals surface area contributed by atoms with Crippen molar-refractivity contribution in [2.75, 3.05) is 44.9 Å². The Morgan fingerprint density at radius 2 is 1.90 bits per heavy atom. The molecule has 0 aromatic heterocycles. The van der Waals surface area contributed by atoms with Gasteiger partial charge in [0.2, 0.25) is 11.8 Å². The summed E-state index contributed by atoms with van der Waals surface area (Å²) in [6.45, 7) is 4.26. The average molecular weight is 444 g/mol. The van der Waals surface area contributed by atoms with Gasteiger partial charge in [0, 0.05) is 29.9 Å². The lowest BCUT2D eigenvalue weighted by Crippen LogP contribution is -2.44. The first-order valence-corrected chi connectivity index (χ1v) is 10.4. The number of carbonyl (C=O) groups excluding carboxylic acids is 3. The summed E-state index contributed by atoms with van der Waals surface area (Å²) in [6.07, 6.45) is 0. The molecule has 8 heteroatoms. The minimum absolute atomic E-state index is 0.0401. The highest BCUT2D eigenvalue weighted by Gasteiger charge is 2.34. The molecule has 0 N–H and O–H groups in total. The Balaban J connectivity index is 1.73. The summed E-state index contributed by atoms with van der Waals surface area (Å²) >= 11 is 6.19. The number of hydrogen-bond acceptors (Lipinski definition) is 4. The van der Waals surface area contributed by atoms with E-state index < -0.39 is 0 Å². The third-order valence-electron chi connectivity index (χ3n) is 5.27. The van der Waals surface area contributed by atoms with Gasteiger partial charge in [-0.05, 0) is 43.7 Å². The standard InChI is InChI=1S/C23H26ClN3O4/c1-16-6-4-7-18(12-16)23(30)25(10-11-31-3)13-21(28)26-14-22(29)27(15-26)20-9-5-8-19(24)17(20)2/h4-9,12H,10-11,13-15H2,1-3H3. The molecule has 164 valence electrons. The summed E-state index contributed by atoms with van der Waals surface area (Å²) in [4.78, 5) is 43.0. The Bertz CT molecular complexity index is 995. The Hall–Kier alpha value is -2.90. The molecule has 1 heterocycles. The maximum absolute atomic E-state index is 13.0. The molecule has 0 unspecified atom stereocenters. The number of anilines is 1. The predicted molar refractivity (Wildman–Crippen MR) is 119 cm³/mol. The summed E-state index contributed by atoms with van der Waals surface area (Å²) in [5.74, 6) is -0.734. The van der Waals surface area contributed by atoms with Crippen molar-refractivity contribution >= 4 is 35.0 Å². The Labute approximate surface area is 187 Å². The van der Waals surface area contributed by atoms with Crippen LogP contribution in [0.2, 0.25) is 5.02 Å². The van der Waals surface area contributed by atoms with Crippen molar-refractivity contribution in [1.29, 1.82) is 0 Å². The van der Waals surface area contributed by atoms with E-state index in [1.54, 1.807) is 42.3 Å². The van der Waals surface area contributed by atoms with Crippen LogP contribution in [0.3, 0.4) is 0 Å². The van der Waals surface area contributed by atoms with E-state index in [-0.39, 0.29) is 44.0 Å². The van der Waals surface area contributed by atoms with Crippen LogP contribution in [0.25, 0.3) is 0 Å². The first-order valence-electron chi connectivity index (χ1n) is 10.00. The van der Waals surface area contributed by atoms with E-state index in [2.05, 4.69) is 0 Å². The fourth-order valence-electron chi connectivity index (χ4n) is 3.49. The number of rotatable bonds is 7. The van der Waals surface area contributed by atoms with Gasteiger partial charge in [-0.2, -0.15) is 0 Å². The second kappa shape index (κ2) is 9.94. The van der Waals surface area contributed by atoms with Crippen molar-refractivity contribution < 1.29 is 19.1 Å². The van der Waals surface area contributed by atoms with Gasteiger partial charge < -0.3 is 14.5 Å². The molecule has 1 saturated heterocycles. The average Bonchev–Trinajstić information content (AvgIpc) is 3.14. The molecule has 1 aliphatic rings. The Kier molecular flexibility index (Phi) is 7.30. The molecule has 0 saturated carbocycles. The van der Waals surface area contributed by atoms with Crippen LogP contribution in [0.5, 0.6) is 0 Å². The Morgan fingerprint density at radius 3 is 2.61 bits per heavy atom. The fourth-order valence-corrected chi connectivity index (χ4v) is 3.66. The van der Waals surface area contributed by atoms with Gasteiger partial charge in [-0.25, -0.2) is 0 Å². The Morgan fingerprint density at radius 1 is 1.16 bits per heavy atom. The lowest BCUT2D eigenvalue weighted by Gasteiger charge is -2.25. The lowest BCUT2D eigenvalue weighted by molar-refractivity contribution is -0.132. The maximum atomic E-state index is 13.0. The van der Waals surface area contributed by atoms with E-state index in [1.165, 1.54) is 9.80 Å². The largest absolute Gasteiger partial charge is 0.383 e. The number of aryl methyl sites for hydroxylation is 1. The van der Waals surface area contributed by atoms with Gasteiger partial charge in [-0.15, -0.1) is 0 Å². The second-order valence-electron chi connectivity index (χ2n) is 7.53. The number of carbonyl (C=O) groups is 3. The van der Waals surface area contributed by atoms with Gasteiger partial charge >= 0.3 is 0 Å². The molecule has 2 aromatic carbocycles. The molecule has 0 radical (unpaired) electrons. The minimum Gasteiger partial charge on any atom is -0.383 e. The number of nitrogens with zero attached hydrogens (tertiary/aromatic N) is 3. The highest BCUT2D eigenvalue weighted by Crippen LogP contribution is 2.28. The third-order valence-corrected chi connectivity index (χ3v) is 5.68. The van der Waals surface area contributed by atoms with E-state index in [0.717, 1.165) is 11.1 Å². The van der Waals surface area contributed by atoms with Crippen molar-refractivity contribution in [1.82, 2.24) is 9.80 Å². The van der Waals surface area contributed by atoms with Crippen LogP contribution in [0.15, 0.2) is 42.5 Å². The molecular formula is C23H26ClN3O4. The summed E-state index contributed by atoms with van der Waals surface area (Å²) < 4.78 is 5.11. The minimum atomic E-state index is -0.298. The quantitative estimate of drug-likeness (QED) is 0.659. The van der Waals surface area contributed by atoms with Crippen LogP contribution in [0.1, 0.15) is 21.5 Å². The molecule has 3 amide bonds. The maximum Gasteiger partial charge on any atom is 0.254 e. The van der Waals surface area contributed by atoms with E-state index in [9.17, 15) is 14.4 Å². The fraction of sp³-hybridized carbons (Fsp3) is 0.348. The van der Waals surface area contributed by atoms with Gasteiger partial charge in [0.05, 0.1) is 6.61 Å². The van der Waals surface area contributed by atoms with Crippen molar-refractivity contribution in [2.24, 2.45) is 0 Å². The number of ether oxygens (including phenoxy) is 1. The SMILES string of the molecule is COCCN(CC(=O)N1CC(=O)N(c2cccc(Cl)c2C)C1)C(=O)c1cccc(C)c1. The van der Waals surface area contributed by atoms with Crippen LogP contribution >= 0.6 is 11.6 Å². The third kappa shape index (κ3) is 5.24. The smallest absolute Gasteiger partial charge is 0.254 e. The zero-order valence-corrected chi connectivity index (χ0v) is 18.7.